The molecule has 1 N–H and O–H groups in total. The van der Waals surface area contributed by atoms with Crippen molar-refractivity contribution >= 4 is 11.1 Å². The summed E-state index contributed by atoms with van der Waals surface area (Å²) in [5.74, 6) is 0.613. The first kappa shape index (κ1) is 18.8. The highest BCUT2D eigenvalue weighted by Gasteiger charge is 2.33. The van der Waals surface area contributed by atoms with E-state index in [9.17, 15) is 18.3 Å². The molecule has 5 heteroatoms. The average molecular weight is 372 g/mol. The van der Waals surface area contributed by atoms with Gasteiger partial charge in [0.25, 0.3) is 0 Å². The number of fused-ring (bicyclic) bond motifs is 1. The van der Waals surface area contributed by atoms with E-state index in [1.54, 1.807) is 30.4 Å². The Morgan fingerprint density at radius 3 is 2.59 bits per heavy atom. The molecule has 0 aliphatic carbocycles. The van der Waals surface area contributed by atoms with Gasteiger partial charge in [0.1, 0.15) is 17.6 Å². The SMILES string of the molecule is C=C(/C=C\C)[C@H]1Oc2ccc(O)cc2C(C)=C1c1cccc(C(F)(F)F)c1. The van der Waals surface area contributed by atoms with Gasteiger partial charge in [0.15, 0.2) is 0 Å². The summed E-state index contributed by atoms with van der Waals surface area (Å²) in [5, 5.41) is 9.82. The van der Waals surface area contributed by atoms with Crippen LogP contribution in [0.1, 0.15) is 30.5 Å². The second-order valence-corrected chi connectivity index (χ2v) is 6.37. The van der Waals surface area contributed by atoms with E-state index in [0.29, 0.717) is 28.0 Å². The standard InChI is InChI=1S/C22H19F3O2/c1-4-6-13(2)21-20(15-7-5-8-16(11-15)22(23,24)25)14(3)18-12-17(26)9-10-19(18)27-21/h4-12,21,26H,2H2,1,3H3/b6-4-/t21-/m1/s1. The third-order valence-electron chi connectivity index (χ3n) is 4.50. The van der Waals surface area contributed by atoms with E-state index in [-0.39, 0.29) is 5.75 Å². The Labute approximate surface area is 155 Å². The molecule has 0 spiro atoms. The van der Waals surface area contributed by atoms with E-state index >= 15 is 0 Å². The molecule has 27 heavy (non-hydrogen) atoms. The van der Waals surface area contributed by atoms with Gasteiger partial charge in [-0.3, -0.25) is 0 Å². The molecule has 0 fully saturated rings. The quantitative estimate of drug-likeness (QED) is 0.647. The molecule has 1 atom stereocenters. The Morgan fingerprint density at radius 2 is 1.93 bits per heavy atom. The van der Waals surface area contributed by atoms with E-state index < -0.39 is 17.8 Å². The monoisotopic (exact) mass is 372 g/mol. The van der Waals surface area contributed by atoms with Gasteiger partial charge in [-0.2, -0.15) is 13.2 Å². The van der Waals surface area contributed by atoms with E-state index in [1.165, 1.54) is 12.1 Å². The maximum absolute atomic E-state index is 13.2. The second kappa shape index (κ2) is 6.99. The molecule has 3 rings (SSSR count). The van der Waals surface area contributed by atoms with Crippen LogP contribution in [0.4, 0.5) is 13.2 Å². The summed E-state index contributed by atoms with van der Waals surface area (Å²) < 4.78 is 45.6. The lowest BCUT2D eigenvalue weighted by Gasteiger charge is -2.31. The molecule has 1 heterocycles. The molecule has 0 saturated carbocycles. The fourth-order valence-electron chi connectivity index (χ4n) is 3.23. The van der Waals surface area contributed by atoms with Crippen molar-refractivity contribution in [1.82, 2.24) is 0 Å². The Bertz CT molecular complexity index is 952. The highest BCUT2D eigenvalue weighted by Crippen LogP contribution is 2.44. The highest BCUT2D eigenvalue weighted by molar-refractivity contribution is 5.96. The molecule has 0 unspecified atom stereocenters. The van der Waals surface area contributed by atoms with Gasteiger partial charge in [0, 0.05) is 11.1 Å². The lowest BCUT2D eigenvalue weighted by Crippen LogP contribution is -2.25. The molecule has 1 aliphatic heterocycles. The van der Waals surface area contributed by atoms with Crippen LogP contribution in [0.5, 0.6) is 11.5 Å². The van der Waals surface area contributed by atoms with Crippen molar-refractivity contribution in [2.24, 2.45) is 0 Å². The maximum atomic E-state index is 13.2. The summed E-state index contributed by atoms with van der Waals surface area (Å²) in [7, 11) is 0. The molecule has 1 aliphatic rings. The van der Waals surface area contributed by atoms with E-state index in [0.717, 1.165) is 17.7 Å². The molecule has 0 bridgehead atoms. The fourth-order valence-corrected chi connectivity index (χ4v) is 3.23. The number of aromatic hydroxyl groups is 1. The van der Waals surface area contributed by atoms with Crippen LogP contribution >= 0.6 is 0 Å². The number of hydrogen-bond donors (Lipinski definition) is 1. The molecule has 2 nitrogen and oxygen atoms in total. The molecule has 0 radical (unpaired) electrons. The third-order valence-corrected chi connectivity index (χ3v) is 4.50. The number of allylic oxidation sites excluding steroid dienone is 2. The minimum absolute atomic E-state index is 0.0609. The number of rotatable bonds is 3. The molecule has 2 aromatic rings. The van der Waals surface area contributed by atoms with Crippen molar-refractivity contribution in [2.75, 3.05) is 0 Å². The lowest BCUT2D eigenvalue weighted by atomic mass is 9.85. The van der Waals surface area contributed by atoms with Crippen LogP contribution in [0.2, 0.25) is 0 Å². The normalized spacial score (nSPS) is 17.0. The number of phenolic OH excluding ortho intramolecular Hbond substituents is 1. The topological polar surface area (TPSA) is 29.5 Å². The van der Waals surface area contributed by atoms with Gasteiger partial charge in [0.05, 0.1) is 5.56 Å². The Morgan fingerprint density at radius 1 is 1.19 bits per heavy atom. The van der Waals surface area contributed by atoms with Gasteiger partial charge in [-0.15, -0.1) is 0 Å². The number of ether oxygens (including phenoxy) is 1. The molecular weight excluding hydrogens is 353 g/mol. The zero-order valence-corrected chi connectivity index (χ0v) is 15.0. The van der Waals surface area contributed by atoms with Crippen LogP contribution in [0.25, 0.3) is 11.1 Å². The highest BCUT2D eigenvalue weighted by atomic mass is 19.4. The number of benzene rings is 2. The maximum Gasteiger partial charge on any atom is 0.416 e. The smallest absolute Gasteiger partial charge is 0.416 e. The largest absolute Gasteiger partial charge is 0.508 e. The van der Waals surface area contributed by atoms with Crippen LogP contribution in [0.3, 0.4) is 0 Å². The van der Waals surface area contributed by atoms with Gasteiger partial charge in [-0.1, -0.05) is 30.9 Å². The summed E-state index contributed by atoms with van der Waals surface area (Å²) in [6.45, 7) is 7.67. The van der Waals surface area contributed by atoms with Crippen LogP contribution < -0.4 is 4.74 Å². The predicted octanol–water partition coefficient (Wildman–Crippen LogP) is 6.24. The minimum atomic E-state index is -4.44. The molecule has 140 valence electrons. The zero-order valence-electron chi connectivity index (χ0n) is 15.0. The van der Waals surface area contributed by atoms with Crippen LogP contribution in [-0.2, 0) is 6.18 Å². The number of phenols is 1. The predicted molar refractivity (Wildman–Crippen MR) is 100 cm³/mol. The molecule has 0 saturated heterocycles. The third kappa shape index (κ3) is 3.63. The van der Waals surface area contributed by atoms with E-state index in [1.807, 2.05) is 13.8 Å². The number of hydrogen-bond acceptors (Lipinski definition) is 2. The van der Waals surface area contributed by atoms with Crippen molar-refractivity contribution in [3.05, 3.63) is 83.5 Å². The van der Waals surface area contributed by atoms with Crippen LogP contribution in [-0.4, -0.2) is 11.2 Å². The van der Waals surface area contributed by atoms with Gasteiger partial charge in [-0.25, -0.2) is 0 Å². The van der Waals surface area contributed by atoms with E-state index in [2.05, 4.69) is 6.58 Å². The van der Waals surface area contributed by atoms with Crippen molar-refractivity contribution < 1.29 is 23.0 Å². The van der Waals surface area contributed by atoms with Gasteiger partial charge in [0.2, 0.25) is 0 Å². The van der Waals surface area contributed by atoms with Crippen molar-refractivity contribution in [2.45, 2.75) is 26.1 Å². The molecular formula is C22H19F3O2. The summed E-state index contributed by atoms with van der Waals surface area (Å²) in [6.07, 6.45) is -1.48. The fraction of sp³-hybridized carbons (Fsp3) is 0.182. The minimum Gasteiger partial charge on any atom is -0.508 e. The van der Waals surface area contributed by atoms with Crippen molar-refractivity contribution in [1.29, 1.82) is 0 Å². The first-order chi connectivity index (χ1) is 12.7. The Hall–Kier alpha value is -2.95. The second-order valence-electron chi connectivity index (χ2n) is 6.37. The van der Waals surface area contributed by atoms with Gasteiger partial charge >= 0.3 is 6.18 Å². The van der Waals surface area contributed by atoms with Crippen molar-refractivity contribution in [3.8, 4) is 11.5 Å². The Balaban J connectivity index is 2.23. The van der Waals surface area contributed by atoms with E-state index in [4.69, 9.17) is 4.74 Å². The summed E-state index contributed by atoms with van der Waals surface area (Å²) in [4.78, 5) is 0. The van der Waals surface area contributed by atoms with Gasteiger partial charge in [-0.05, 0) is 60.9 Å². The molecule has 2 aromatic carbocycles. The summed E-state index contributed by atoms with van der Waals surface area (Å²) in [6, 6.07) is 9.87. The zero-order chi connectivity index (χ0) is 19.8. The summed E-state index contributed by atoms with van der Waals surface area (Å²) >= 11 is 0. The first-order valence-electron chi connectivity index (χ1n) is 8.42. The number of halogens is 3. The van der Waals surface area contributed by atoms with Crippen LogP contribution in [0, 0.1) is 0 Å². The summed E-state index contributed by atoms with van der Waals surface area (Å²) in [5.41, 5.74) is 2.30. The van der Waals surface area contributed by atoms with Gasteiger partial charge < -0.3 is 9.84 Å². The van der Waals surface area contributed by atoms with Crippen molar-refractivity contribution in [3.63, 3.8) is 0 Å². The average Bonchev–Trinajstić information content (AvgIpc) is 2.61. The lowest BCUT2D eigenvalue weighted by molar-refractivity contribution is -0.137. The molecule has 0 aromatic heterocycles. The number of alkyl halides is 3. The Kier molecular flexibility index (Phi) is 4.87. The molecule has 0 amide bonds. The first-order valence-corrected chi connectivity index (χ1v) is 8.42. The van der Waals surface area contributed by atoms with Crippen LogP contribution in [0.15, 0.2) is 66.8 Å².